The minimum absolute atomic E-state index is 0.337. The Morgan fingerprint density at radius 2 is 2.27 bits per heavy atom. The standard InChI is InChI=1S/C16H14ClN3O2/c1-2-22-16(21)13-9-19-15(12-6-7-18-14(12)13)20-11-5-3-4-10(17)8-11/h3-9,18H,2H2,1H3,(H,19,20)/p+1. The Labute approximate surface area is 132 Å². The third-order valence-electron chi connectivity index (χ3n) is 3.24. The summed E-state index contributed by atoms with van der Waals surface area (Å²) >= 11 is 5.99. The summed E-state index contributed by atoms with van der Waals surface area (Å²) in [7, 11) is 0. The lowest BCUT2D eigenvalue weighted by Gasteiger charge is -2.04. The highest BCUT2D eigenvalue weighted by Crippen LogP contribution is 2.25. The van der Waals surface area contributed by atoms with Gasteiger partial charge in [0.05, 0.1) is 17.5 Å². The van der Waals surface area contributed by atoms with Gasteiger partial charge in [0.1, 0.15) is 17.4 Å². The normalized spacial score (nSPS) is 10.6. The summed E-state index contributed by atoms with van der Waals surface area (Å²) in [6.45, 7) is 2.12. The number of benzene rings is 1. The van der Waals surface area contributed by atoms with Crippen LogP contribution in [0.1, 0.15) is 17.3 Å². The Balaban J connectivity index is 2.00. The fourth-order valence-corrected chi connectivity index (χ4v) is 2.47. The van der Waals surface area contributed by atoms with Crippen molar-refractivity contribution in [2.45, 2.75) is 6.92 Å². The van der Waals surface area contributed by atoms with Crippen molar-refractivity contribution in [3.63, 3.8) is 0 Å². The van der Waals surface area contributed by atoms with Crippen LogP contribution >= 0.6 is 11.6 Å². The summed E-state index contributed by atoms with van der Waals surface area (Å²) in [5.74, 6) is 0.409. The van der Waals surface area contributed by atoms with Gasteiger partial charge in [-0.1, -0.05) is 17.7 Å². The van der Waals surface area contributed by atoms with E-state index in [-0.39, 0.29) is 5.97 Å². The minimum Gasteiger partial charge on any atom is -0.462 e. The highest BCUT2D eigenvalue weighted by Gasteiger charge is 2.19. The Bertz CT molecular complexity index is 829. The first-order valence-corrected chi connectivity index (χ1v) is 7.28. The maximum Gasteiger partial charge on any atom is 0.343 e. The summed E-state index contributed by atoms with van der Waals surface area (Å²) in [6.07, 6.45) is 3.41. The molecule has 0 spiro atoms. The van der Waals surface area contributed by atoms with Gasteiger partial charge < -0.3 is 9.72 Å². The van der Waals surface area contributed by atoms with Crippen LogP contribution in [0.4, 0.5) is 11.5 Å². The van der Waals surface area contributed by atoms with E-state index in [0.29, 0.717) is 17.2 Å². The number of ether oxygens (including phenoxy) is 1. The second-order valence-corrected chi connectivity index (χ2v) is 5.14. The molecule has 0 fully saturated rings. The zero-order valence-electron chi connectivity index (χ0n) is 11.9. The van der Waals surface area contributed by atoms with Gasteiger partial charge in [-0.3, -0.25) is 0 Å². The van der Waals surface area contributed by atoms with E-state index < -0.39 is 0 Å². The number of fused-ring (bicyclic) bond motifs is 1. The van der Waals surface area contributed by atoms with Crippen molar-refractivity contribution in [2.75, 3.05) is 11.9 Å². The summed E-state index contributed by atoms with van der Waals surface area (Å²) in [6, 6.07) is 9.31. The second kappa shape index (κ2) is 6.07. The van der Waals surface area contributed by atoms with E-state index in [1.807, 2.05) is 30.3 Å². The van der Waals surface area contributed by atoms with Crippen LogP contribution in [0.2, 0.25) is 5.02 Å². The highest BCUT2D eigenvalue weighted by atomic mass is 35.5. The number of rotatable bonds is 4. The molecule has 5 nitrogen and oxygen atoms in total. The molecule has 0 atom stereocenters. The smallest absolute Gasteiger partial charge is 0.343 e. The molecule has 0 aliphatic rings. The Hall–Kier alpha value is -2.53. The number of aromatic amines is 2. The predicted octanol–water partition coefficient (Wildman–Crippen LogP) is 3.56. The lowest BCUT2D eigenvalue weighted by molar-refractivity contribution is -0.359. The lowest BCUT2D eigenvalue weighted by Crippen LogP contribution is -2.15. The average molecular weight is 317 g/mol. The van der Waals surface area contributed by atoms with Crippen molar-refractivity contribution in [3.8, 4) is 0 Å². The van der Waals surface area contributed by atoms with E-state index in [1.165, 1.54) is 0 Å². The van der Waals surface area contributed by atoms with Gasteiger partial charge in [-0.2, -0.15) is 0 Å². The van der Waals surface area contributed by atoms with Crippen LogP contribution in [0.5, 0.6) is 0 Å². The van der Waals surface area contributed by atoms with Crippen molar-refractivity contribution in [1.82, 2.24) is 4.98 Å². The number of anilines is 2. The van der Waals surface area contributed by atoms with Gasteiger partial charge >= 0.3 is 5.97 Å². The zero-order valence-corrected chi connectivity index (χ0v) is 12.7. The zero-order chi connectivity index (χ0) is 15.5. The predicted molar refractivity (Wildman–Crippen MR) is 85.5 cm³/mol. The number of pyridine rings is 1. The molecule has 3 aromatic rings. The Kier molecular flexibility index (Phi) is 3.98. The summed E-state index contributed by atoms with van der Waals surface area (Å²) in [4.78, 5) is 18.1. The van der Waals surface area contributed by atoms with E-state index in [1.54, 1.807) is 19.3 Å². The van der Waals surface area contributed by atoms with Gasteiger partial charge in [0, 0.05) is 17.3 Å². The molecular formula is C16H15ClN3O2+. The maximum absolute atomic E-state index is 12.0. The van der Waals surface area contributed by atoms with E-state index >= 15 is 0 Å². The average Bonchev–Trinajstić information content (AvgIpc) is 2.97. The minimum atomic E-state index is -0.361. The molecule has 0 aliphatic carbocycles. The van der Waals surface area contributed by atoms with E-state index in [9.17, 15) is 4.79 Å². The number of carbonyl (C=O) groups excluding carboxylic acids is 1. The van der Waals surface area contributed by atoms with Crippen molar-refractivity contribution in [3.05, 3.63) is 53.3 Å². The number of carbonyl (C=O) groups is 1. The Morgan fingerprint density at radius 1 is 1.41 bits per heavy atom. The molecule has 0 bridgehead atoms. The van der Waals surface area contributed by atoms with Crippen molar-refractivity contribution >= 4 is 40.0 Å². The molecule has 0 radical (unpaired) electrons. The SMILES string of the molecule is CCOC(=O)c1c[nH+]c(Nc2cccc(Cl)c2)c2cc[nH]c12. The number of nitrogens with one attached hydrogen (secondary N) is 3. The van der Waals surface area contributed by atoms with Crippen molar-refractivity contribution < 1.29 is 14.5 Å². The summed E-state index contributed by atoms with van der Waals surface area (Å²) < 4.78 is 5.06. The number of aromatic nitrogens is 2. The van der Waals surface area contributed by atoms with E-state index in [2.05, 4.69) is 15.3 Å². The van der Waals surface area contributed by atoms with Gasteiger partial charge in [0.25, 0.3) is 5.82 Å². The number of H-pyrrole nitrogens is 2. The molecule has 22 heavy (non-hydrogen) atoms. The molecule has 0 amide bonds. The molecular weight excluding hydrogens is 302 g/mol. The first-order valence-electron chi connectivity index (χ1n) is 6.90. The number of hydrogen-bond donors (Lipinski definition) is 2. The van der Waals surface area contributed by atoms with Crippen LogP contribution in [-0.4, -0.2) is 17.6 Å². The van der Waals surface area contributed by atoms with Crippen molar-refractivity contribution in [2.24, 2.45) is 0 Å². The summed E-state index contributed by atoms with van der Waals surface area (Å²) in [5.41, 5.74) is 2.05. The number of esters is 1. The van der Waals surface area contributed by atoms with Crippen LogP contribution in [0, 0.1) is 0 Å². The number of hydrogen-bond acceptors (Lipinski definition) is 3. The second-order valence-electron chi connectivity index (χ2n) is 4.70. The third kappa shape index (κ3) is 2.76. The molecule has 0 saturated carbocycles. The van der Waals surface area contributed by atoms with Gasteiger partial charge in [0.15, 0.2) is 0 Å². The fraction of sp³-hybridized carbons (Fsp3) is 0.125. The first kappa shape index (κ1) is 14.4. The van der Waals surface area contributed by atoms with Gasteiger partial charge in [-0.15, -0.1) is 0 Å². The molecule has 2 heterocycles. The monoisotopic (exact) mass is 316 g/mol. The first-order chi connectivity index (χ1) is 10.7. The van der Waals surface area contributed by atoms with Gasteiger partial charge in [-0.25, -0.2) is 15.1 Å². The highest BCUT2D eigenvalue weighted by molar-refractivity contribution is 6.30. The largest absolute Gasteiger partial charge is 0.462 e. The van der Waals surface area contributed by atoms with Crippen LogP contribution in [0.3, 0.4) is 0 Å². The quantitative estimate of drug-likeness (QED) is 0.723. The molecule has 3 N–H and O–H groups in total. The molecule has 2 aromatic heterocycles. The van der Waals surface area contributed by atoms with Crippen LogP contribution < -0.4 is 10.3 Å². The van der Waals surface area contributed by atoms with Crippen LogP contribution in [0.25, 0.3) is 10.9 Å². The maximum atomic E-state index is 12.0. The van der Waals surface area contributed by atoms with Gasteiger partial charge in [0.2, 0.25) is 0 Å². The third-order valence-corrected chi connectivity index (χ3v) is 3.47. The summed E-state index contributed by atoms with van der Waals surface area (Å²) in [5, 5.41) is 4.78. The van der Waals surface area contributed by atoms with Gasteiger partial charge in [-0.05, 0) is 25.1 Å². The molecule has 0 aliphatic heterocycles. The molecule has 0 unspecified atom stereocenters. The Morgan fingerprint density at radius 3 is 3.05 bits per heavy atom. The van der Waals surface area contributed by atoms with E-state index in [4.69, 9.17) is 16.3 Å². The number of halogens is 1. The van der Waals surface area contributed by atoms with Crippen molar-refractivity contribution in [1.29, 1.82) is 0 Å². The molecule has 112 valence electrons. The fourth-order valence-electron chi connectivity index (χ4n) is 2.28. The molecule has 0 saturated heterocycles. The van der Waals surface area contributed by atoms with Crippen LogP contribution in [-0.2, 0) is 4.74 Å². The molecule has 6 heteroatoms. The molecule has 3 rings (SSSR count). The van der Waals surface area contributed by atoms with E-state index in [0.717, 1.165) is 22.4 Å². The lowest BCUT2D eigenvalue weighted by atomic mass is 10.2. The molecule has 1 aromatic carbocycles. The topological polar surface area (TPSA) is 68.3 Å². The van der Waals surface area contributed by atoms with Crippen LogP contribution in [0.15, 0.2) is 42.7 Å².